The number of carbonyl (C=O) groups is 1. The Bertz CT molecular complexity index is 515. The highest BCUT2D eigenvalue weighted by molar-refractivity contribution is 5.68. The van der Waals surface area contributed by atoms with Crippen molar-refractivity contribution in [3.05, 3.63) is 11.9 Å². The monoisotopic (exact) mass is 324 g/mol. The lowest BCUT2D eigenvalue weighted by molar-refractivity contribution is -0.0431. The zero-order valence-electron chi connectivity index (χ0n) is 13.3. The van der Waals surface area contributed by atoms with Crippen molar-refractivity contribution in [3.8, 4) is 0 Å². The number of aliphatic hydroxyl groups excluding tert-OH is 1. The van der Waals surface area contributed by atoms with Gasteiger partial charge in [-0.1, -0.05) is 11.6 Å². The number of aromatic nitrogens is 3. The lowest BCUT2D eigenvalue weighted by Crippen LogP contribution is -2.48. The normalized spacial score (nSPS) is 23.0. The topological polar surface area (TPSA) is 89.7 Å². The van der Waals surface area contributed by atoms with Gasteiger partial charge in [0, 0.05) is 6.54 Å². The van der Waals surface area contributed by atoms with E-state index in [0.717, 1.165) is 25.7 Å². The van der Waals surface area contributed by atoms with E-state index in [9.17, 15) is 4.79 Å². The largest absolute Gasteiger partial charge is 0.446 e. The molecular formula is C15H24N4O4. The average Bonchev–Trinajstić information content (AvgIpc) is 3.03. The molecule has 2 aliphatic rings. The van der Waals surface area contributed by atoms with Crippen molar-refractivity contribution in [3.63, 3.8) is 0 Å². The standard InChI is InChI=1S/C15H24N4O4/c20-11-12-8-19(17-16-12)10-14-9-18(6-7-22-14)15(21)23-13-4-2-1-3-5-13/h8,13-14,20H,1-7,9-11H2. The molecule has 1 aliphatic heterocycles. The molecule has 8 nitrogen and oxygen atoms in total. The highest BCUT2D eigenvalue weighted by atomic mass is 16.6. The second-order valence-corrected chi connectivity index (χ2v) is 6.17. The summed E-state index contributed by atoms with van der Waals surface area (Å²) in [5.74, 6) is 0. The summed E-state index contributed by atoms with van der Waals surface area (Å²) < 4.78 is 12.9. The van der Waals surface area contributed by atoms with Crippen LogP contribution in [0.15, 0.2) is 6.20 Å². The molecule has 0 bridgehead atoms. The van der Waals surface area contributed by atoms with Crippen LogP contribution in [0.2, 0.25) is 0 Å². The van der Waals surface area contributed by atoms with Crippen LogP contribution < -0.4 is 0 Å². The minimum Gasteiger partial charge on any atom is -0.446 e. The zero-order chi connectivity index (χ0) is 16.1. The van der Waals surface area contributed by atoms with Gasteiger partial charge in [-0.2, -0.15) is 0 Å². The van der Waals surface area contributed by atoms with Crippen LogP contribution in [0.3, 0.4) is 0 Å². The fraction of sp³-hybridized carbons (Fsp3) is 0.800. The molecule has 3 rings (SSSR count). The predicted molar refractivity (Wildman–Crippen MR) is 80.6 cm³/mol. The smallest absolute Gasteiger partial charge is 0.410 e. The average molecular weight is 324 g/mol. The van der Waals surface area contributed by atoms with Crippen molar-refractivity contribution in [2.75, 3.05) is 19.7 Å². The summed E-state index contributed by atoms with van der Waals surface area (Å²) in [7, 11) is 0. The van der Waals surface area contributed by atoms with Crippen LogP contribution in [0.5, 0.6) is 0 Å². The van der Waals surface area contributed by atoms with Crippen molar-refractivity contribution < 1.29 is 19.4 Å². The molecule has 1 aromatic rings. The number of aliphatic hydroxyl groups is 1. The first-order valence-corrected chi connectivity index (χ1v) is 8.31. The molecule has 128 valence electrons. The lowest BCUT2D eigenvalue weighted by atomic mass is 9.98. The molecule has 1 amide bonds. The van der Waals surface area contributed by atoms with Gasteiger partial charge >= 0.3 is 6.09 Å². The van der Waals surface area contributed by atoms with Crippen molar-refractivity contribution in [2.24, 2.45) is 0 Å². The number of amides is 1. The number of ether oxygens (including phenoxy) is 2. The van der Waals surface area contributed by atoms with Crippen molar-refractivity contribution >= 4 is 6.09 Å². The van der Waals surface area contributed by atoms with Crippen LogP contribution in [0.25, 0.3) is 0 Å². The van der Waals surface area contributed by atoms with Gasteiger partial charge in [0.25, 0.3) is 0 Å². The van der Waals surface area contributed by atoms with Crippen molar-refractivity contribution in [1.29, 1.82) is 0 Å². The van der Waals surface area contributed by atoms with Crippen LogP contribution in [0.4, 0.5) is 4.79 Å². The molecule has 1 N–H and O–H groups in total. The molecule has 8 heteroatoms. The molecule has 0 spiro atoms. The lowest BCUT2D eigenvalue weighted by Gasteiger charge is -2.33. The van der Waals surface area contributed by atoms with Crippen LogP contribution in [-0.2, 0) is 22.6 Å². The molecule has 1 aliphatic carbocycles. The first-order valence-electron chi connectivity index (χ1n) is 8.31. The van der Waals surface area contributed by atoms with Gasteiger partial charge in [0.1, 0.15) is 11.8 Å². The van der Waals surface area contributed by atoms with E-state index in [0.29, 0.717) is 31.9 Å². The third-order valence-corrected chi connectivity index (χ3v) is 4.36. The summed E-state index contributed by atoms with van der Waals surface area (Å²) in [6.07, 6.45) is 6.84. The third-order valence-electron chi connectivity index (χ3n) is 4.36. The van der Waals surface area contributed by atoms with Crippen molar-refractivity contribution in [2.45, 2.75) is 57.5 Å². The zero-order valence-corrected chi connectivity index (χ0v) is 13.3. The molecule has 1 aromatic heterocycles. The summed E-state index contributed by atoms with van der Waals surface area (Å²) in [4.78, 5) is 14.0. The van der Waals surface area contributed by atoms with Gasteiger partial charge in [0.2, 0.25) is 0 Å². The molecule has 1 unspecified atom stereocenters. The minimum absolute atomic E-state index is 0.0694. The molecule has 23 heavy (non-hydrogen) atoms. The van der Waals surface area contributed by atoms with E-state index in [2.05, 4.69) is 10.3 Å². The van der Waals surface area contributed by atoms with Crippen LogP contribution >= 0.6 is 0 Å². The Balaban J connectivity index is 1.49. The summed E-state index contributed by atoms with van der Waals surface area (Å²) in [5.41, 5.74) is 0.523. The Morgan fingerprint density at radius 2 is 2.22 bits per heavy atom. The van der Waals surface area contributed by atoms with Gasteiger partial charge in [-0.15, -0.1) is 5.10 Å². The third kappa shape index (κ3) is 4.42. The van der Waals surface area contributed by atoms with Gasteiger partial charge in [-0.3, -0.25) is 0 Å². The quantitative estimate of drug-likeness (QED) is 0.886. The first-order chi connectivity index (χ1) is 11.2. The second kappa shape index (κ2) is 7.74. The summed E-state index contributed by atoms with van der Waals surface area (Å²) >= 11 is 0. The molecule has 1 atom stereocenters. The fourth-order valence-corrected chi connectivity index (χ4v) is 3.10. The Hall–Kier alpha value is -1.67. The maximum Gasteiger partial charge on any atom is 0.410 e. The second-order valence-electron chi connectivity index (χ2n) is 6.17. The van der Waals surface area contributed by atoms with E-state index < -0.39 is 0 Å². The number of rotatable bonds is 4. The van der Waals surface area contributed by atoms with Gasteiger partial charge in [-0.05, 0) is 25.7 Å². The number of hydrogen-bond donors (Lipinski definition) is 1. The number of nitrogens with zero attached hydrogens (tertiary/aromatic N) is 4. The predicted octanol–water partition coefficient (Wildman–Crippen LogP) is 0.940. The fourth-order valence-electron chi connectivity index (χ4n) is 3.10. The van der Waals surface area contributed by atoms with E-state index in [-0.39, 0.29) is 24.9 Å². The summed E-state index contributed by atoms with van der Waals surface area (Å²) in [5, 5.41) is 16.8. The molecule has 0 aromatic carbocycles. The summed E-state index contributed by atoms with van der Waals surface area (Å²) in [6, 6.07) is 0. The Labute approximate surface area is 135 Å². The van der Waals surface area contributed by atoms with Gasteiger partial charge in [0.15, 0.2) is 0 Å². The minimum atomic E-state index is -0.236. The maximum absolute atomic E-state index is 12.3. The maximum atomic E-state index is 12.3. The molecular weight excluding hydrogens is 300 g/mol. The Morgan fingerprint density at radius 1 is 1.39 bits per heavy atom. The summed E-state index contributed by atoms with van der Waals surface area (Å²) in [6.45, 7) is 1.90. The number of hydrogen-bond acceptors (Lipinski definition) is 6. The van der Waals surface area contributed by atoms with Crippen molar-refractivity contribution in [1.82, 2.24) is 19.9 Å². The Morgan fingerprint density at radius 3 is 2.96 bits per heavy atom. The molecule has 1 saturated heterocycles. The van der Waals surface area contributed by atoms with Gasteiger partial charge in [0.05, 0.1) is 38.6 Å². The number of carbonyl (C=O) groups excluding carboxylic acids is 1. The molecule has 2 fully saturated rings. The number of morpholine rings is 1. The highest BCUT2D eigenvalue weighted by Crippen LogP contribution is 2.21. The van der Waals surface area contributed by atoms with Crippen LogP contribution in [-0.4, -0.2) is 63.0 Å². The van der Waals surface area contributed by atoms with E-state index in [1.807, 2.05) is 0 Å². The van der Waals surface area contributed by atoms with Gasteiger partial charge < -0.3 is 19.5 Å². The molecule has 0 radical (unpaired) electrons. The molecule has 2 heterocycles. The van der Waals surface area contributed by atoms with E-state index in [1.165, 1.54) is 6.42 Å². The highest BCUT2D eigenvalue weighted by Gasteiger charge is 2.28. The SMILES string of the molecule is O=C(OC1CCCCC1)N1CCOC(Cn2cc(CO)nn2)C1. The van der Waals surface area contributed by atoms with E-state index >= 15 is 0 Å². The first kappa shape index (κ1) is 16.2. The van der Waals surface area contributed by atoms with Crippen LogP contribution in [0.1, 0.15) is 37.8 Å². The Kier molecular flexibility index (Phi) is 5.45. The van der Waals surface area contributed by atoms with Crippen LogP contribution in [0, 0.1) is 0 Å². The molecule has 1 saturated carbocycles. The van der Waals surface area contributed by atoms with E-state index in [4.69, 9.17) is 14.6 Å². The van der Waals surface area contributed by atoms with E-state index in [1.54, 1.807) is 15.8 Å². The van der Waals surface area contributed by atoms with Gasteiger partial charge in [-0.25, -0.2) is 9.48 Å².